The van der Waals surface area contributed by atoms with Crippen molar-refractivity contribution in [2.75, 3.05) is 0 Å². The summed E-state index contributed by atoms with van der Waals surface area (Å²) in [6, 6.07) is 0. The van der Waals surface area contributed by atoms with Gasteiger partial charge in [-0.3, -0.25) is 0 Å². The van der Waals surface area contributed by atoms with Crippen molar-refractivity contribution in [2.45, 2.75) is 52.4 Å². The molecule has 0 aliphatic carbocycles. The van der Waals surface area contributed by atoms with Crippen LogP contribution in [0.25, 0.3) is 0 Å². The second kappa shape index (κ2) is 6.44. The maximum Gasteiger partial charge on any atom is 0.336 e. The maximum atomic E-state index is 11.9. The van der Waals surface area contributed by atoms with Gasteiger partial charge in [-0.15, -0.1) is 0 Å². The van der Waals surface area contributed by atoms with Gasteiger partial charge in [-0.05, 0) is 22.0 Å². The van der Waals surface area contributed by atoms with E-state index in [1.807, 2.05) is 0 Å². The van der Waals surface area contributed by atoms with Gasteiger partial charge in [-0.2, -0.15) is 0 Å². The van der Waals surface area contributed by atoms with Gasteiger partial charge in [0.25, 0.3) is 0 Å². The molecule has 4 N–H and O–H groups in total. The minimum atomic E-state index is -1.63. The Bertz CT molecular complexity index is 697. The van der Waals surface area contributed by atoms with Gasteiger partial charge in [0, 0.05) is 0 Å². The molecule has 0 amide bonds. The number of aromatic carboxylic acids is 4. The lowest BCUT2D eigenvalue weighted by molar-refractivity contribution is 0.0628. The molecule has 0 aromatic heterocycles. The molecule has 0 aliphatic heterocycles. The number of carboxylic acids is 4. The second-order valence-electron chi connectivity index (χ2n) is 7.97. The number of carboxylic acid groups (broad SMARTS) is 4. The molecule has 0 aliphatic rings. The van der Waals surface area contributed by atoms with Crippen LogP contribution >= 0.6 is 0 Å². The average Bonchev–Trinajstić information content (AvgIpc) is 2.41. The highest BCUT2D eigenvalue weighted by Crippen LogP contribution is 2.41. The zero-order chi connectivity index (χ0) is 20.8. The van der Waals surface area contributed by atoms with E-state index in [2.05, 4.69) is 0 Å². The summed E-state index contributed by atoms with van der Waals surface area (Å²) in [7, 11) is 0. The van der Waals surface area contributed by atoms with E-state index in [1.54, 1.807) is 0 Å². The van der Waals surface area contributed by atoms with Gasteiger partial charge in [-0.1, -0.05) is 41.5 Å². The third-order valence-electron chi connectivity index (χ3n) is 3.86. The van der Waals surface area contributed by atoms with Gasteiger partial charge < -0.3 is 20.4 Å². The number of carbonyl (C=O) groups is 4. The summed E-state index contributed by atoms with van der Waals surface area (Å²) < 4.78 is 0. The van der Waals surface area contributed by atoms with E-state index in [4.69, 9.17) is 0 Å². The van der Waals surface area contributed by atoms with Crippen LogP contribution in [0.15, 0.2) is 0 Å². The van der Waals surface area contributed by atoms with Crippen molar-refractivity contribution in [3.63, 3.8) is 0 Å². The molecule has 0 atom stereocenters. The van der Waals surface area contributed by atoms with Crippen molar-refractivity contribution in [3.8, 4) is 0 Å². The van der Waals surface area contributed by atoms with Crippen LogP contribution in [-0.4, -0.2) is 44.3 Å². The first-order valence-electron chi connectivity index (χ1n) is 7.71. The van der Waals surface area contributed by atoms with E-state index in [0.29, 0.717) is 0 Å². The van der Waals surface area contributed by atoms with E-state index >= 15 is 0 Å². The standard InChI is InChI=1S/C18H22O8/c1-17(2,3)11-7(13(19)20)9(15(23)24)12(18(4,5)6)10(16(25)26)8(11)14(21)22/h1-6H3,(H,19,20)(H,21,22)(H,23,24)(H,25,26). The molecule has 8 nitrogen and oxygen atoms in total. The lowest BCUT2D eigenvalue weighted by Crippen LogP contribution is -2.32. The molecule has 1 aromatic carbocycles. The fraction of sp³-hybridized carbons (Fsp3) is 0.444. The molecule has 0 saturated heterocycles. The quantitative estimate of drug-likeness (QED) is 0.635. The van der Waals surface area contributed by atoms with E-state index < -0.39 is 57.0 Å². The van der Waals surface area contributed by atoms with Gasteiger partial charge in [0.15, 0.2) is 0 Å². The molecule has 1 rings (SSSR count). The zero-order valence-electron chi connectivity index (χ0n) is 15.4. The Kier molecular flexibility index (Phi) is 5.23. The molecule has 0 saturated carbocycles. The molecule has 0 unspecified atom stereocenters. The zero-order valence-corrected chi connectivity index (χ0v) is 15.4. The topological polar surface area (TPSA) is 149 Å². The normalized spacial score (nSPS) is 11.9. The highest BCUT2D eigenvalue weighted by molar-refractivity contribution is 6.13. The Morgan fingerprint density at radius 1 is 0.500 bits per heavy atom. The van der Waals surface area contributed by atoms with Crippen molar-refractivity contribution in [1.29, 1.82) is 0 Å². The maximum absolute atomic E-state index is 11.9. The van der Waals surface area contributed by atoms with Crippen molar-refractivity contribution in [3.05, 3.63) is 33.4 Å². The van der Waals surface area contributed by atoms with Crippen molar-refractivity contribution in [1.82, 2.24) is 0 Å². The third kappa shape index (κ3) is 3.54. The van der Waals surface area contributed by atoms with Crippen molar-refractivity contribution < 1.29 is 39.6 Å². The predicted octanol–water partition coefficient (Wildman–Crippen LogP) is 3.07. The highest BCUT2D eigenvalue weighted by Gasteiger charge is 2.42. The molecule has 8 heteroatoms. The molecule has 142 valence electrons. The van der Waals surface area contributed by atoms with Gasteiger partial charge in [0.05, 0.1) is 22.3 Å². The van der Waals surface area contributed by atoms with Gasteiger partial charge in [-0.25, -0.2) is 19.2 Å². The highest BCUT2D eigenvalue weighted by atomic mass is 16.4. The largest absolute Gasteiger partial charge is 0.478 e. The van der Waals surface area contributed by atoms with E-state index in [0.717, 1.165) is 0 Å². The first-order valence-corrected chi connectivity index (χ1v) is 7.71. The molecular weight excluding hydrogens is 344 g/mol. The van der Waals surface area contributed by atoms with E-state index in [9.17, 15) is 39.6 Å². The molecule has 0 spiro atoms. The fourth-order valence-electron chi connectivity index (χ4n) is 3.11. The van der Waals surface area contributed by atoms with E-state index in [-0.39, 0.29) is 11.1 Å². The number of benzene rings is 1. The minimum Gasteiger partial charge on any atom is -0.478 e. The first-order chi connectivity index (χ1) is 11.5. The van der Waals surface area contributed by atoms with Gasteiger partial charge in [0.2, 0.25) is 0 Å². The van der Waals surface area contributed by atoms with Crippen LogP contribution < -0.4 is 0 Å². The van der Waals surface area contributed by atoms with Crippen LogP contribution in [0.4, 0.5) is 0 Å². The third-order valence-corrected chi connectivity index (χ3v) is 3.86. The second-order valence-corrected chi connectivity index (χ2v) is 7.97. The Labute approximate surface area is 150 Å². The monoisotopic (exact) mass is 366 g/mol. The number of rotatable bonds is 4. The van der Waals surface area contributed by atoms with Crippen LogP contribution in [0.2, 0.25) is 0 Å². The van der Waals surface area contributed by atoms with Crippen LogP contribution in [0.3, 0.4) is 0 Å². The summed E-state index contributed by atoms with van der Waals surface area (Å²) in [5.41, 5.74) is -5.72. The lowest BCUT2D eigenvalue weighted by atomic mass is 9.70. The summed E-state index contributed by atoms with van der Waals surface area (Å²) in [5, 5.41) is 38.7. The predicted molar refractivity (Wildman–Crippen MR) is 91.7 cm³/mol. The number of hydrogen-bond donors (Lipinski definition) is 4. The molecular formula is C18H22O8. The Hall–Kier alpha value is -2.90. The fourth-order valence-corrected chi connectivity index (χ4v) is 3.11. The summed E-state index contributed by atoms with van der Waals surface area (Å²) >= 11 is 0. The first kappa shape index (κ1) is 21.1. The van der Waals surface area contributed by atoms with Crippen LogP contribution in [-0.2, 0) is 10.8 Å². The minimum absolute atomic E-state index is 0.333. The molecule has 0 bridgehead atoms. The molecule has 26 heavy (non-hydrogen) atoms. The summed E-state index contributed by atoms with van der Waals surface area (Å²) in [6.45, 7) is 8.97. The average molecular weight is 366 g/mol. The number of hydrogen-bond acceptors (Lipinski definition) is 4. The van der Waals surface area contributed by atoms with Crippen molar-refractivity contribution in [2.24, 2.45) is 0 Å². The van der Waals surface area contributed by atoms with Crippen LogP contribution in [0, 0.1) is 0 Å². The molecule has 0 radical (unpaired) electrons. The summed E-state index contributed by atoms with van der Waals surface area (Å²) in [5.74, 6) is -6.51. The van der Waals surface area contributed by atoms with Gasteiger partial charge in [0.1, 0.15) is 0 Å². The van der Waals surface area contributed by atoms with Crippen LogP contribution in [0.1, 0.15) is 94.1 Å². The summed E-state index contributed by atoms with van der Waals surface area (Å²) in [6.07, 6.45) is 0. The Morgan fingerprint density at radius 3 is 0.731 bits per heavy atom. The van der Waals surface area contributed by atoms with E-state index in [1.165, 1.54) is 41.5 Å². The summed E-state index contributed by atoms with van der Waals surface area (Å²) in [4.78, 5) is 47.7. The van der Waals surface area contributed by atoms with Crippen molar-refractivity contribution >= 4 is 23.9 Å². The lowest BCUT2D eigenvalue weighted by Gasteiger charge is -2.31. The molecule has 0 fully saturated rings. The molecule has 0 heterocycles. The SMILES string of the molecule is CC(C)(C)c1c(C(=O)O)c(C(=O)O)c(C(C)(C)C)c(C(=O)O)c1C(=O)O. The van der Waals surface area contributed by atoms with Gasteiger partial charge >= 0.3 is 23.9 Å². The Morgan fingerprint density at radius 2 is 0.654 bits per heavy atom. The Balaban J connectivity index is 4.61. The smallest absolute Gasteiger partial charge is 0.336 e. The molecule has 1 aromatic rings. The van der Waals surface area contributed by atoms with Crippen LogP contribution in [0.5, 0.6) is 0 Å².